The van der Waals surface area contributed by atoms with Crippen molar-refractivity contribution in [2.24, 2.45) is 0 Å². The van der Waals surface area contributed by atoms with E-state index in [1.807, 2.05) is 6.20 Å². The third-order valence-corrected chi connectivity index (χ3v) is 3.80. The third-order valence-electron chi connectivity index (χ3n) is 3.80. The van der Waals surface area contributed by atoms with Gasteiger partial charge in [-0.15, -0.1) is 0 Å². The quantitative estimate of drug-likeness (QED) is 0.817. The highest BCUT2D eigenvalue weighted by Crippen LogP contribution is 2.30. The molecule has 2 fully saturated rings. The summed E-state index contributed by atoms with van der Waals surface area (Å²) < 4.78 is 0. The molecule has 16 heavy (non-hydrogen) atoms. The summed E-state index contributed by atoms with van der Waals surface area (Å²) in [5.74, 6) is 1.93. The maximum atomic E-state index is 4.54. The van der Waals surface area contributed by atoms with Crippen LogP contribution in [0.1, 0.15) is 62.4 Å². The Labute approximate surface area is 97.0 Å². The Bertz CT molecular complexity index is 335. The van der Waals surface area contributed by atoms with E-state index in [2.05, 4.69) is 15.3 Å². The van der Waals surface area contributed by atoms with E-state index in [0.29, 0.717) is 5.92 Å². The highest BCUT2D eigenvalue weighted by Gasteiger charge is 2.21. The standard InChI is InChI=1S/C13H21N3/c1-2-4-10(5-3-1)13-15-9-12(16-13)8-14-11-6-7-11/h9-11,14H,1-8H2,(H,15,16). The minimum absolute atomic E-state index is 0.698. The summed E-state index contributed by atoms with van der Waals surface area (Å²) in [6.07, 6.45) is 11.5. The van der Waals surface area contributed by atoms with Gasteiger partial charge in [-0.3, -0.25) is 0 Å². The summed E-state index contributed by atoms with van der Waals surface area (Å²) >= 11 is 0. The Morgan fingerprint density at radius 3 is 2.75 bits per heavy atom. The molecule has 2 N–H and O–H groups in total. The predicted molar refractivity (Wildman–Crippen MR) is 64.3 cm³/mol. The van der Waals surface area contributed by atoms with Crippen LogP contribution < -0.4 is 5.32 Å². The zero-order valence-corrected chi connectivity index (χ0v) is 9.84. The average molecular weight is 219 g/mol. The summed E-state index contributed by atoms with van der Waals surface area (Å²) in [6.45, 7) is 0.963. The number of imidazole rings is 1. The van der Waals surface area contributed by atoms with Crippen LogP contribution >= 0.6 is 0 Å². The van der Waals surface area contributed by atoms with Crippen LogP contribution in [0.2, 0.25) is 0 Å². The number of hydrogen-bond acceptors (Lipinski definition) is 2. The Morgan fingerprint density at radius 2 is 2.00 bits per heavy atom. The Morgan fingerprint density at radius 1 is 1.19 bits per heavy atom. The van der Waals surface area contributed by atoms with Gasteiger partial charge in [-0.1, -0.05) is 19.3 Å². The van der Waals surface area contributed by atoms with E-state index in [9.17, 15) is 0 Å². The first-order valence-corrected chi connectivity index (χ1v) is 6.69. The topological polar surface area (TPSA) is 40.7 Å². The highest BCUT2D eigenvalue weighted by molar-refractivity contribution is 5.06. The lowest BCUT2D eigenvalue weighted by molar-refractivity contribution is 0.430. The zero-order valence-electron chi connectivity index (χ0n) is 9.84. The summed E-state index contributed by atoms with van der Waals surface area (Å²) in [7, 11) is 0. The lowest BCUT2D eigenvalue weighted by Crippen LogP contribution is -2.15. The van der Waals surface area contributed by atoms with E-state index < -0.39 is 0 Å². The van der Waals surface area contributed by atoms with Gasteiger partial charge in [-0.05, 0) is 25.7 Å². The molecule has 88 valence electrons. The molecule has 0 unspecified atom stereocenters. The second-order valence-electron chi connectivity index (χ2n) is 5.28. The van der Waals surface area contributed by atoms with Crippen molar-refractivity contribution in [1.29, 1.82) is 0 Å². The summed E-state index contributed by atoms with van der Waals surface area (Å²) in [6, 6.07) is 0.779. The second kappa shape index (κ2) is 4.58. The Kier molecular flexibility index (Phi) is 2.96. The van der Waals surface area contributed by atoms with Crippen molar-refractivity contribution < 1.29 is 0 Å². The number of nitrogens with one attached hydrogen (secondary N) is 2. The first kappa shape index (κ1) is 10.3. The number of nitrogens with zero attached hydrogens (tertiary/aromatic N) is 1. The lowest BCUT2D eigenvalue weighted by atomic mass is 9.89. The molecule has 3 rings (SSSR count). The van der Waals surface area contributed by atoms with Gasteiger partial charge in [0, 0.05) is 30.4 Å². The molecule has 3 nitrogen and oxygen atoms in total. The molecule has 0 atom stereocenters. The van der Waals surface area contributed by atoms with Crippen molar-refractivity contribution in [2.45, 2.75) is 63.5 Å². The van der Waals surface area contributed by atoms with Gasteiger partial charge in [-0.25, -0.2) is 4.98 Å². The van der Waals surface area contributed by atoms with Crippen LogP contribution in [-0.4, -0.2) is 16.0 Å². The van der Waals surface area contributed by atoms with Gasteiger partial charge >= 0.3 is 0 Å². The van der Waals surface area contributed by atoms with Crippen LogP contribution in [-0.2, 0) is 6.54 Å². The van der Waals surface area contributed by atoms with E-state index >= 15 is 0 Å². The molecule has 1 aromatic heterocycles. The van der Waals surface area contributed by atoms with Gasteiger partial charge in [0.2, 0.25) is 0 Å². The first-order chi connectivity index (χ1) is 7.92. The maximum absolute atomic E-state index is 4.54. The van der Waals surface area contributed by atoms with Crippen LogP contribution in [0.5, 0.6) is 0 Å². The van der Waals surface area contributed by atoms with Gasteiger partial charge < -0.3 is 10.3 Å². The second-order valence-corrected chi connectivity index (χ2v) is 5.28. The molecule has 3 heteroatoms. The Balaban J connectivity index is 1.57. The molecule has 0 spiro atoms. The van der Waals surface area contributed by atoms with Crippen LogP contribution in [0.15, 0.2) is 6.20 Å². The molecule has 0 saturated heterocycles. The zero-order chi connectivity index (χ0) is 10.8. The van der Waals surface area contributed by atoms with Gasteiger partial charge in [0.15, 0.2) is 0 Å². The summed E-state index contributed by atoms with van der Waals surface area (Å²) in [4.78, 5) is 8.04. The number of aromatic amines is 1. The van der Waals surface area contributed by atoms with Crippen molar-refractivity contribution in [3.63, 3.8) is 0 Å². The van der Waals surface area contributed by atoms with Gasteiger partial charge in [0.05, 0.1) is 0 Å². The molecule has 0 radical (unpaired) electrons. The smallest absolute Gasteiger partial charge is 0.109 e. The predicted octanol–water partition coefficient (Wildman–Crippen LogP) is 2.71. The van der Waals surface area contributed by atoms with E-state index in [0.717, 1.165) is 12.6 Å². The monoisotopic (exact) mass is 219 g/mol. The number of hydrogen-bond donors (Lipinski definition) is 2. The Hall–Kier alpha value is -0.830. The molecule has 1 aromatic rings. The van der Waals surface area contributed by atoms with Crippen LogP contribution in [0.3, 0.4) is 0 Å². The van der Waals surface area contributed by atoms with Gasteiger partial charge in [0.1, 0.15) is 5.82 Å². The summed E-state index contributed by atoms with van der Waals surface area (Å²) in [5.41, 5.74) is 1.26. The van der Waals surface area contributed by atoms with Crippen LogP contribution in [0.4, 0.5) is 0 Å². The molecule has 0 amide bonds. The van der Waals surface area contributed by atoms with Crippen molar-refractivity contribution in [3.8, 4) is 0 Å². The molecule has 0 aromatic carbocycles. The minimum atomic E-state index is 0.698. The first-order valence-electron chi connectivity index (χ1n) is 6.69. The molecular weight excluding hydrogens is 198 g/mol. The van der Waals surface area contributed by atoms with E-state index in [4.69, 9.17) is 0 Å². The minimum Gasteiger partial charge on any atom is -0.345 e. The van der Waals surface area contributed by atoms with E-state index in [1.165, 1.54) is 56.5 Å². The molecule has 0 bridgehead atoms. The molecule has 2 aliphatic carbocycles. The van der Waals surface area contributed by atoms with Crippen molar-refractivity contribution in [3.05, 3.63) is 17.7 Å². The van der Waals surface area contributed by atoms with Crippen molar-refractivity contribution in [1.82, 2.24) is 15.3 Å². The van der Waals surface area contributed by atoms with Crippen LogP contribution in [0.25, 0.3) is 0 Å². The third kappa shape index (κ3) is 2.46. The van der Waals surface area contributed by atoms with Crippen LogP contribution in [0, 0.1) is 0 Å². The van der Waals surface area contributed by atoms with Gasteiger partial charge in [-0.2, -0.15) is 0 Å². The largest absolute Gasteiger partial charge is 0.345 e. The average Bonchev–Trinajstić information content (AvgIpc) is 3.05. The molecular formula is C13H21N3. The SMILES string of the molecule is c1nc(C2CCCCC2)[nH]c1CNC1CC1. The number of rotatable bonds is 4. The van der Waals surface area contributed by atoms with Crippen molar-refractivity contribution >= 4 is 0 Å². The normalized spacial score (nSPS) is 22.5. The van der Waals surface area contributed by atoms with Crippen molar-refractivity contribution in [2.75, 3.05) is 0 Å². The fourth-order valence-corrected chi connectivity index (χ4v) is 2.59. The highest BCUT2D eigenvalue weighted by atomic mass is 15.0. The lowest BCUT2D eigenvalue weighted by Gasteiger charge is -2.19. The van der Waals surface area contributed by atoms with E-state index in [1.54, 1.807) is 0 Å². The fourth-order valence-electron chi connectivity index (χ4n) is 2.59. The number of H-pyrrole nitrogens is 1. The molecule has 2 saturated carbocycles. The maximum Gasteiger partial charge on any atom is 0.109 e. The molecule has 0 aliphatic heterocycles. The fraction of sp³-hybridized carbons (Fsp3) is 0.769. The van der Waals surface area contributed by atoms with E-state index in [-0.39, 0.29) is 0 Å². The molecule has 2 aliphatic rings. The van der Waals surface area contributed by atoms with Gasteiger partial charge in [0.25, 0.3) is 0 Å². The molecule has 1 heterocycles. The summed E-state index contributed by atoms with van der Waals surface area (Å²) in [5, 5.41) is 3.52. The number of aromatic nitrogens is 2.